The van der Waals surface area contributed by atoms with E-state index in [0.717, 1.165) is 0 Å². The lowest BCUT2D eigenvalue weighted by Gasteiger charge is -2.24. The molecule has 4 rings (SSSR count). The molecular weight excluding hydrogens is 465 g/mol. The van der Waals surface area contributed by atoms with Crippen molar-refractivity contribution >= 4 is 29.4 Å². The van der Waals surface area contributed by atoms with Crippen LogP contribution in [0.25, 0.3) is 5.69 Å². The minimum absolute atomic E-state index is 0.0259. The van der Waals surface area contributed by atoms with Gasteiger partial charge < -0.3 is 20.6 Å². The second-order valence-corrected chi connectivity index (χ2v) is 9.11. The summed E-state index contributed by atoms with van der Waals surface area (Å²) in [7, 11) is 0. The Labute approximate surface area is 207 Å². The number of amides is 3. The molecule has 1 saturated heterocycles. The van der Waals surface area contributed by atoms with E-state index < -0.39 is 18.0 Å². The van der Waals surface area contributed by atoms with Crippen molar-refractivity contribution in [3.8, 4) is 5.69 Å². The third-order valence-electron chi connectivity index (χ3n) is 6.24. The highest BCUT2D eigenvalue weighted by atomic mass is 19.1. The highest BCUT2D eigenvalue weighted by molar-refractivity contribution is 5.99. The third kappa shape index (κ3) is 5.22. The van der Waals surface area contributed by atoms with E-state index >= 15 is 0 Å². The van der Waals surface area contributed by atoms with Crippen LogP contribution in [0.4, 0.5) is 20.7 Å². The molecule has 1 aromatic heterocycles. The van der Waals surface area contributed by atoms with Crippen molar-refractivity contribution in [2.75, 3.05) is 17.2 Å². The number of carboxylic acids is 1. The summed E-state index contributed by atoms with van der Waals surface area (Å²) in [4.78, 5) is 38.5. The number of carbonyl (C=O) groups excluding carboxylic acids is 2. The summed E-state index contributed by atoms with van der Waals surface area (Å²) in [5.74, 6) is -1.43. The van der Waals surface area contributed by atoms with Gasteiger partial charge in [-0.05, 0) is 67.1 Å². The Kier molecular flexibility index (Phi) is 7.05. The highest BCUT2D eigenvalue weighted by Gasteiger charge is 2.34. The number of likely N-dealkylation sites (tertiary alicyclic amines) is 1. The number of nitrogens with one attached hydrogen (secondary N) is 2. The first-order chi connectivity index (χ1) is 17.1. The van der Waals surface area contributed by atoms with E-state index in [4.69, 9.17) is 0 Å². The normalized spacial score (nSPS) is 15.2. The van der Waals surface area contributed by atoms with E-state index in [-0.39, 0.29) is 23.2 Å². The molecule has 2 aromatic carbocycles. The summed E-state index contributed by atoms with van der Waals surface area (Å²) in [5, 5.41) is 19.0. The molecule has 3 N–H and O–H groups in total. The maximum Gasteiger partial charge on any atom is 0.335 e. The Morgan fingerprint density at radius 3 is 2.56 bits per heavy atom. The molecule has 36 heavy (non-hydrogen) atoms. The molecule has 0 bridgehead atoms. The summed E-state index contributed by atoms with van der Waals surface area (Å²) in [6.07, 6.45) is 2.81. The predicted molar refractivity (Wildman–Crippen MR) is 133 cm³/mol. The minimum Gasteiger partial charge on any atom is -0.478 e. The van der Waals surface area contributed by atoms with Crippen LogP contribution in [0.1, 0.15) is 54.1 Å². The zero-order valence-electron chi connectivity index (χ0n) is 20.3. The topological polar surface area (TPSA) is 117 Å². The van der Waals surface area contributed by atoms with E-state index in [0.29, 0.717) is 47.7 Å². The maximum absolute atomic E-state index is 14.3. The molecule has 2 heterocycles. The third-order valence-corrected chi connectivity index (χ3v) is 6.24. The van der Waals surface area contributed by atoms with E-state index in [1.54, 1.807) is 43.5 Å². The molecule has 188 valence electrons. The van der Waals surface area contributed by atoms with Gasteiger partial charge in [-0.25, -0.2) is 18.7 Å². The second-order valence-electron chi connectivity index (χ2n) is 9.11. The van der Waals surface area contributed by atoms with Gasteiger partial charge in [-0.2, -0.15) is 5.10 Å². The molecule has 1 atom stereocenters. The van der Waals surface area contributed by atoms with Crippen molar-refractivity contribution in [2.45, 2.75) is 45.6 Å². The number of hydrogen-bond acceptors (Lipinski definition) is 4. The van der Waals surface area contributed by atoms with Gasteiger partial charge in [0.05, 0.1) is 11.3 Å². The summed E-state index contributed by atoms with van der Waals surface area (Å²) in [6.45, 7) is 5.89. The summed E-state index contributed by atoms with van der Waals surface area (Å²) in [6, 6.07) is 9.89. The lowest BCUT2D eigenvalue weighted by atomic mass is 10.0. The smallest absolute Gasteiger partial charge is 0.335 e. The monoisotopic (exact) mass is 493 g/mol. The number of aromatic carboxylic acids is 1. The summed E-state index contributed by atoms with van der Waals surface area (Å²) >= 11 is 0. The van der Waals surface area contributed by atoms with E-state index in [1.807, 2.05) is 13.8 Å². The molecule has 9 nitrogen and oxygen atoms in total. The van der Waals surface area contributed by atoms with Gasteiger partial charge in [-0.15, -0.1) is 0 Å². The quantitative estimate of drug-likeness (QED) is 0.457. The lowest BCUT2D eigenvalue weighted by Crippen LogP contribution is -2.45. The zero-order chi connectivity index (χ0) is 26.0. The molecule has 0 spiro atoms. The number of halogens is 1. The van der Waals surface area contributed by atoms with Crippen molar-refractivity contribution in [1.82, 2.24) is 14.7 Å². The number of carboxylic acid groups (broad SMARTS) is 1. The van der Waals surface area contributed by atoms with Crippen LogP contribution < -0.4 is 10.6 Å². The zero-order valence-corrected chi connectivity index (χ0v) is 20.3. The summed E-state index contributed by atoms with van der Waals surface area (Å²) in [5.41, 5.74) is 2.34. The van der Waals surface area contributed by atoms with Crippen molar-refractivity contribution in [3.05, 3.63) is 71.2 Å². The second kappa shape index (κ2) is 10.2. The number of anilines is 2. The van der Waals surface area contributed by atoms with Gasteiger partial charge in [-0.1, -0.05) is 19.9 Å². The van der Waals surface area contributed by atoms with Gasteiger partial charge >= 0.3 is 12.0 Å². The molecule has 1 aliphatic rings. The van der Waals surface area contributed by atoms with Crippen molar-refractivity contribution in [1.29, 1.82) is 0 Å². The molecule has 0 saturated carbocycles. The van der Waals surface area contributed by atoms with Crippen molar-refractivity contribution in [3.63, 3.8) is 0 Å². The maximum atomic E-state index is 14.3. The van der Waals surface area contributed by atoms with E-state index in [9.17, 15) is 23.9 Å². The predicted octanol–water partition coefficient (Wildman–Crippen LogP) is 4.78. The van der Waals surface area contributed by atoms with Gasteiger partial charge in [0, 0.05) is 24.5 Å². The first kappa shape index (κ1) is 24.9. The minimum atomic E-state index is -1.00. The van der Waals surface area contributed by atoms with Gasteiger partial charge in [0.1, 0.15) is 11.9 Å². The van der Waals surface area contributed by atoms with Crippen LogP contribution in [0.3, 0.4) is 0 Å². The number of carbonyl (C=O) groups is 3. The Morgan fingerprint density at radius 2 is 1.89 bits per heavy atom. The molecular formula is C26H28FN5O4. The fraction of sp³-hybridized carbons (Fsp3) is 0.308. The fourth-order valence-electron chi connectivity index (χ4n) is 4.33. The highest BCUT2D eigenvalue weighted by Crippen LogP contribution is 2.24. The van der Waals surface area contributed by atoms with Crippen LogP contribution in [-0.4, -0.2) is 50.3 Å². The van der Waals surface area contributed by atoms with Crippen LogP contribution in [0, 0.1) is 12.7 Å². The van der Waals surface area contributed by atoms with Crippen LogP contribution >= 0.6 is 0 Å². The molecule has 1 aliphatic heterocycles. The Bertz CT molecular complexity index is 1320. The SMILES string of the molecule is Cc1cc(-n2ccc(NC(=O)C3CCCN3C(=O)Nc3ccc(C(C)C)c(F)c3)n2)ccc1C(=O)O. The van der Waals surface area contributed by atoms with Gasteiger partial charge in [0.15, 0.2) is 5.82 Å². The van der Waals surface area contributed by atoms with Crippen molar-refractivity contribution in [2.24, 2.45) is 0 Å². The number of rotatable bonds is 6. The van der Waals surface area contributed by atoms with Gasteiger partial charge in [0.2, 0.25) is 5.91 Å². The fourth-order valence-corrected chi connectivity index (χ4v) is 4.33. The Hall–Kier alpha value is -4.21. The molecule has 0 aliphatic carbocycles. The molecule has 3 aromatic rings. The molecule has 0 radical (unpaired) electrons. The van der Waals surface area contributed by atoms with Crippen LogP contribution in [0.5, 0.6) is 0 Å². The number of nitrogens with zero attached hydrogens (tertiary/aromatic N) is 3. The standard InChI is InChI=1S/C26H28FN5O4/c1-15(2)19-8-6-17(14-21(19)27)28-26(36)31-11-4-5-22(31)24(33)29-23-10-12-32(30-23)18-7-9-20(25(34)35)16(3)13-18/h6-10,12-15,22H,4-5,11H2,1-3H3,(H,28,36)(H,34,35)(H,29,30,33). The number of hydrogen-bond donors (Lipinski definition) is 3. The number of aromatic nitrogens is 2. The number of aryl methyl sites for hydroxylation is 1. The van der Waals surface area contributed by atoms with Crippen LogP contribution in [0.15, 0.2) is 48.7 Å². The Balaban J connectivity index is 1.42. The first-order valence-corrected chi connectivity index (χ1v) is 11.7. The number of urea groups is 1. The average molecular weight is 494 g/mol. The molecule has 3 amide bonds. The summed E-state index contributed by atoms with van der Waals surface area (Å²) < 4.78 is 15.8. The van der Waals surface area contributed by atoms with E-state index in [2.05, 4.69) is 15.7 Å². The average Bonchev–Trinajstić information content (AvgIpc) is 3.48. The number of benzene rings is 2. The van der Waals surface area contributed by atoms with Gasteiger partial charge in [0.25, 0.3) is 0 Å². The van der Waals surface area contributed by atoms with Crippen LogP contribution in [0.2, 0.25) is 0 Å². The van der Waals surface area contributed by atoms with E-state index in [1.165, 1.54) is 21.7 Å². The first-order valence-electron chi connectivity index (χ1n) is 11.7. The Morgan fingerprint density at radius 1 is 1.11 bits per heavy atom. The van der Waals surface area contributed by atoms with Gasteiger partial charge in [-0.3, -0.25) is 4.79 Å². The molecule has 1 fully saturated rings. The molecule has 10 heteroatoms. The molecule has 1 unspecified atom stereocenters. The van der Waals surface area contributed by atoms with Crippen molar-refractivity contribution < 1.29 is 23.9 Å². The largest absolute Gasteiger partial charge is 0.478 e. The van der Waals surface area contributed by atoms with Crippen LogP contribution in [-0.2, 0) is 4.79 Å². The lowest BCUT2D eigenvalue weighted by molar-refractivity contribution is -0.119.